The Labute approximate surface area is 109 Å². The molecule has 0 aromatic heterocycles. The van der Waals surface area contributed by atoms with Gasteiger partial charge in [0.2, 0.25) is 0 Å². The van der Waals surface area contributed by atoms with Crippen LogP contribution in [0.3, 0.4) is 0 Å². The molecule has 0 radical (unpaired) electrons. The van der Waals surface area contributed by atoms with Crippen LogP contribution in [0.5, 0.6) is 0 Å². The van der Waals surface area contributed by atoms with Gasteiger partial charge < -0.3 is 19.9 Å². The van der Waals surface area contributed by atoms with E-state index < -0.39 is 0 Å². The molecule has 2 aliphatic carbocycles. The first-order chi connectivity index (χ1) is 8.76. The van der Waals surface area contributed by atoms with Gasteiger partial charge in [-0.15, -0.1) is 0 Å². The average Bonchev–Trinajstić information content (AvgIpc) is 3.01. The third-order valence-corrected chi connectivity index (χ3v) is 4.93. The highest BCUT2D eigenvalue weighted by Gasteiger charge is 2.43. The van der Waals surface area contributed by atoms with E-state index in [2.05, 4.69) is 5.32 Å². The summed E-state index contributed by atoms with van der Waals surface area (Å²) in [5.74, 6) is -0.236. The average molecular weight is 255 g/mol. The molecule has 104 valence electrons. The number of aliphatic hydroxyl groups is 1. The van der Waals surface area contributed by atoms with Gasteiger partial charge in [0, 0.05) is 32.0 Å². The van der Waals surface area contributed by atoms with E-state index in [1.54, 1.807) is 0 Å². The van der Waals surface area contributed by atoms with Crippen molar-refractivity contribution >= 4 is 0 Å². The predicted molar refractivity (Wildman–Crippen MR) is 68.3 cm³/mol. The summed E-state index contributed by atoms with van der Waals surface area (Å²) in [6.45, 7) is 2.93. The minimum Gasteiger partial charge on any atom is -0.396 e. The molecular formula is C14H25NO3. The molecule has 2 N–H and O–H groups in total. The summed E-state index contributed by atoms with van der Waals surface area (Å²) in [4.78, 5) is 0. The topological polar surface area (TPSA) is 50.7 Å². The maximum absolute atomic E-state index is 9.06. The van der Waals surface area contributed by atoms with Crippen molar-refractivity contribution in [2.24, 2.45) is 5.41 Å². The summed E-state index contributed by atoms with van der Waals surface area (Å²) < 4.78 is 11.5. The highest BCUT2D eigenvalue weighted by Crippen LogP contribution is 2.48. The molecule has 3 aliphatic rings. The predicted octanol–water partition coefficient (Wildman–Crippen LogP) is 1.42. The van der Waals surface area contributed by atoms with E-state index in [4.69, 9.17) is 14.6 Å². The van der Waals surface area contributed by atoms with Crippen LogP contribution in [0.15, 0.2) is 0 Å². The second kappa shape index (κ2) is 5.08. The lowest BCUT2D eigenvalue weighted by Crippen LogP contribution is -2.43. The van der Waals surface area contributed by atoms with Gasteiger partial charge in [-0.1, -0.05) is 0 Å². The fourth-order valence-electron chi connectivity index (χ4n) is 3.34. The number of ether oxygens (including phenoxy) is 2. The third-order valence-electron chi connectivity index (χ3n) is 4.93. The Morgan fingerprint density at radius 1 is 1.06 bits per heavy atom. The Morgan fingerprint density at radius 3 is 2.28 bits per heavy atom. The largest absolute Gasteiger partial charge is 0.396 e. The van der Waals surface area contributed by atoms with E-state index in [1.807, 2.05) is 0 Å². The lowest BCUT2D eigenvalue weighted by molar-refractivity contribution is -0.179. The maximum atomic E-state index is 9.06. The van der Waals surface area contributed by atoms with Crippen molar-refractivity contribution in [2.45, 2.75) is 56.8 Å². The fourth-order valence-corrected chi connectivity index (χ4v) is 3.34. The lowest BCUT2D eigenvalue weighted by Gasteiger charge is -2.36. The Kier molecular flexibility index (Phi) is 3.63. The quantitative estimate of drug-likeness (QED) is 0.780. The van der Waals surface area contributed by atoms with Gasteiger partial charge in [0.15, 0.2) is 5.79 Å². The first-order valence-corrected chi connectivity index (χ1v) is 7.38. The minimum atomic E-state index is -0.236. The van der Waals surface area contributed by atoms with Crippen molar-refractivity contribution < 1.29 is 14.6 Å². The molecule has 18 heavy (non-hydrogen) atoms. The van der Waals surface area contributed by atoms with Crippen LogP contribution in [0.4, 0.5) is 0 Å². The van der Waals surface area contributed by atoms with E-state index in [0.29, 0.717) is 18.1 Å². The highest BCUT2D eigenvalue weighted by atomic mass is 16.7. The number of rotatable bonds is 5. The summed E-state index contributed by atoms with van der Waals surface area (Å²) >= 11 is 0. The molecule has 4 nitrogen and oxygen atoms in total. The van der Waals surface area contributed by atoms with Crippen molar-refractivity contribution in [3.63, 3.8) is 0 Å². The molecule has 0 atom stereocenters. The lowest BCUT2D eigenvalue weighted by atomic mass is 9.89. The Bertz CT molecular complexity index is 275. The standard InChI is InChI=1S/C14H25NO3/c16-8-7-13(5-6-13)11-15-12-1-3-14(4-2-12)17-9-10-18-14/h12,15-16H,1-11H2. The molecule has 1 saturated heterocycles. The fraction of sp³-hybridized carbons (Fsp3) is 1.00. The van der Waals surface area contributed by atoms with Gasteiger partial charge in [-0.05, 0) is 37.5 Å². The van der Waals surface area contributed by atoms with E-state index in [0.717, 1.165) is 51.9 Å². The van der Waals surface area contributed by atoms with Crippen LogP contribution in [0, 0.1) is 5.41 Å². The van der Waals surface area contributed by atoms with E-state index in [-0.39, 0.29) is 5.79 Å². The van der Waals surface area contributed by atoms with Gasteiger partial charge in [0.25, 0.3) is 0 Å². The van der Waals surface area contributed by atoms with Gasteiger partial charge >= 0.3 is 0 Å². The van der Waals surface area contributed by atoms with E-state index >= 15 is 0 Å². The summed E-state index contributed by atoms with van der Waals surface area (Å²) in [5, 5.41) is 12.8. The smallest absolute Gasteiger partial charge is 0.168 e. The molecule has 1 spiro atoms. The van der Waals surface area contributed by atoms with E-state index in [1.165, 1.54) is 12.8 Å². The third kappa shape index (κ3) is 2.72. The number of nitrogens with one attached hydrogen (secondary N) is 1. The van der Waals surface area contributed by atoms with Crippen LogP contribution in [-0.4, -0.2) is 43.3 Å². The van der Waals surface area contributed by atoms with Crippen LogP contribution >= 0.6 is 0 Å². The van der Waals surface area contributed by atoms with Crippen molar-refractivity contribution in [3.8, 4) is 0 Å². The van der Waals surface area contributed by atoms with Crippen molar-refractivity contribution in [1.29, 1.82) is 0 Å². The van der Waals surface area contributed by atoms with Gasteiger partial charge in [-0.25, -0.2) is 0 Å². The van der Waals surface area contributed by atoms with Gasteiger partial charge in [-0.2, -0.15) is 0 Å². The molecule has 0 aromatic carbocycles. The first-order valence-electron chi connectivity index (χ1n) is 7.38. The summed E-state index contributed by atoms with van der Waals surface area (Å²) in [6.07, 6.45) is 7.87. The summed E-state index contributed by atoms with van der Waals surface area (Å²) in [6, 6.07) is 0.611. The minimum absolute atomic E-state index is 0.236. The van der Waals surface area contributed by atoms with Gasteiger partial charge in [0.05, 0.1) is 13.2 Å². The molecule has 2 saturated carbocycles. The van der Waals surface area contributed by atoms with Crippen LogP contribution in [-0.2, 0) is 9.47 Å². The molecule has 3 rings (SSSR count). The summed E-state index contributed by atoms with van der Waals surface area (Å²) in [5.41, 5.74) is 0.421. The molecule has 4 heteroatoms. The zero-order valence-electron chi connectivity index (χ0n) is 11.1. The molecule has 3 fully saturated rings. The monoisotopic (exact) mass is 255 g/mol. The molecule has 0 amide bonds. The first kappa shape index (κ1) is 12.9. The van der Waals surface area contributed by atoms with Gasteiger partial charge in [-0.3, -0.25) is 0 Å². The number of aliphatic hydroxyl groups excluding tert-OH is 1. The second-order valence-corrected chi connectivity index (χ2v) is 6.24. The zero-order valence-corrected chi connectivity index (χ0v) is 11.1. The molecule has 1 aliphatic heterocycles. The van der Waals surface area contributed by atoms with Crippen LogP contribution < -0.4 is 5.32 Å². The number of hydrogen-bond acceptors (Lipinski definition) is 4. The normalized spacial score (nSPS) is 29.8. The Morgan fingerprint density at radius 2 is 1.72 bits per heavy atom. The zero-order chi connectivity index (χ0) is 12.5. The summed E-state index contributed by atoms with van der Waals surface area (Å²) in [7, 11) is 0. The van der Waals surface area contributed by atoms with Crippen molar-refractivity contribution in [2.75, 3.05) is 26.4 Å². The van der Waals surface area contributed by atoms with Crippen LogP contribution in [0.1, 0.15) is 44.9 Å². The number of hydrogen-bond donors (Lipinski definition) is 2. The van der Waals surface area contributed by atoms with E-state index in [9.17, 15) is 0 Å². The maximum Gasteiger partial charge on any atom is 0.168 e. The molecule has 1 heterocycles. The Balaban J connectivity index is 1.40. The Hall–Kier alpha value is -0.160. The molecule has 0 bridgehead atoms. The molecule has 0 unspecified atom stereocenters. The van der Waals surface area contributed by atoms with Crippen molar-refractivity contribution in [1.82, 2.24) is 5.32 Å². The van der Waals surface area contributed by atoms with Crippen LogP contribution in [0.2, 0.25) is 0 Å². The van der Waals surface area contributed by atoms with Crippen LogP contribution in [0.25, 0.3) is 0 Å². The second-order valence-electron chi connectivity index (χ2n) is 6.24. The highest BCUT2D eigenvalue weighted by molar-refractivity contribution is 4.96. The van der Waals surface area contributed by atoms with Gasteiger partial charge in [0.1, 0.15) is 0 Å². The SMILES string of the molecule is OCCC1(CNC2CCC3(CC2)OCCO3)CC1. The van der Waals surface area contributed by atoms with Crippen molar-refractivity contribution in [3.05, 3.63) is 0 Å². The molecule has 0 aromatic rings. The molecular weight excluding hydrogens is 230 g/mol.